The molecule has 3 heteroatoms. The van der Waals surface area contributed by atoms with Gasteiger partial charge in [-0.1, -0.05) is 22.0 Å². The van der Waals surface area contributed by atoms with Crippen LogP contribution < -0.4 is 0 Å². The van der Waals surface area contributed by atoms with E-state index in [0.29, 0.717) is 11.8 Å². The summed E-state index contributed by atoms with van der Waals surface area (Å²) in [4.78, 5) is 0. The fourth-order valence-electron chi connectivity index (χ4n) is 2.58. The molecule has 0 radical (unpaired) electrons. The Labute approximate surface area is 87.4 Å². The van der Waals surface area contributed by atoms with E-state index in [1.165, 1.54) is 17.3 Å². The summed E-state index contributed by atoms with van der Waals surface area (Å²) in [5, 5.41) is 0. The first kappa shape index (κ1) is 9.69. The molecular weight excluding hydrogens is 232 g/mol. The van der Waals surface area contributed by atoms with Crippen molar-refractivity contribution in [3.05, 3.63) is 10.6 Å². The molecule has 0 spiro atoms. The van der Waals surface area contributed by atoms with Crippen LogP contribution in [0.1, 0.15) is 19.3 Å². The molecule has 1 fully saturated rings. The summed E-state index contributed by atoms with van der Waals surface area (Å²) in [6.07, 6.45) is 5.75. The molecule has 2 nitrogen and oxygen atoms in total. The minimum atomic E-state index is -0.365. The molecule has 0 unspecified atom stereocenters. The zero-order chi connectivity index (χ0) is 9.47. The minimum absolute atomic E-state index is 0.365. The highest BCUT2D eigenvalue weighted by molar-refractivity contribution is 9.11. The highest BCUT2D eigenvalue weighted by Gasteiger charge is 2.48. The van der Waals surface area contributed by atoms with Crippen LogP contribution in [0.5, 0.6) is 0 Å². The number of allylic oxidation sites excluding steroid dienone is 1. The maximum absolute atomic E-state index is 5.54. The number of hydrogen-bond acceptors (Lipinski definition) is 2. The molecule has 0 aromatic heterocycles. The first-order valence-corrected chi connectivity index (χ1v) is 5.48. The van der Waals surface area contributed by atoms with Crippen molar-refractivity contribution in [2.75, 3.05) is 14.2 Å². The molecule has 3 aliphatic carbocycles. The first-order valence-electron chi connectivity index (χ1n) is 4.69. The van der Waals surface area contributed by atoms with Gasteiger partial charge in [-0.05, 0) is 23.2 Å². The normalized spacial score (nSPS) is 36.1. The van der Waals surface area contributed by atoms with Crippen LogP contribution in [-0.2, 0) is 9.47 Å². The lowest BCUT2D eigenvalue weighted by Crippen LogP contribution is -2.49. The van der Waals surface area contributed by atoms with Gasteiger partial charge in [0, 0.05) is 26.6 Å². The smallest absolute Gasteiger partial charge is 0.175 e. The van der Waals surface area contributed by atoms with Crippen LogP contribution in [0.4, 0.5) is 0 Å². The molecule has 0 saturated heterocycles. The topological polar surface area (TPSA) is 18.5 Å². The van der Waals surface area contributed by atoms with Crippen LogP contribution in [0.3, 0.4) is 0 Å². The lowest BCUT2D eigenvalue weighted by Gasteiger charge is -2.47. The minimum Gasteiger partial charge on any atom is -0.353 e. The van der Waals surface area contributed by atoms with E-state index >= 15 is 0 Å². The quantitative estimate of drug-likeness (QED) is 0.698. The monoisotopic (exact) mass is 246 g/mol. The van der Waals surface area contributed by atoms with E-state index in [9.17, 15) is 0 Å². The van der Waals surface area contributed by atoms with Gasteiger partial charge in [-0.15, -0.1) is 0 Å². The number of hydrogen-bond donors (Lipinski definition) is 0. The summed E-state index contributed by atoms with van der Waals surface area (Å²) in [5.74, 6) is 0.656. The first-order chi connectivity index (χ1) is 6.22. The van der Waals surface area contributed by atoms with Crippen LogP contribution in [0.25, 0.3) is 0 Å². The summed E-state index contributed by atoms with van der Waals surface area (Å²) in [5.41, 5.74) is 0. The fraction of sp³-hybridized carbons (Fsp3) is 0.800. The molecule has 74 valence electrons. The summed E-state index contributed by atoms with van der Waals surface area (Å²) in [6.45, 7) is 0. The van der Waals surface area contributed by atoms with E-state index in [1.54, 1.807) is 14.2 Å². The molecule has 1 saturated carbocycles. The van der Waals surface area contributed by atoms with Crippen LogP contribution in [0.15, 0.2) is 10.6 Å². The van der Waals surface area contributed by atoms with E-state index in [-0.39, 0.29) is 5.79 Å². The van der Waals surface area contributed by atoms with E-state index < -0.39 is 0 Å². The zero-order valence-corrected chi connectivity index (χ0v) is 9.63. The number of halogens is 1. The average Bonchev–Trinajstić information content (AvgIpc) is 2.18. The summed E-state index contributed by atoms with van der Waals surface area (Å²) < 4.78 is 12.3. The van der Waals surface area contributed by atoms with Gasteiger partial charge in [0.15, 0.2) is 5.79 Å². The Morgan fingerprint density at radius 1 is 1.38 bits per heavy atom. The third-order valence-corrected chi connectivity index (χ3v) is 4.14. The number of fused-ring (bicyclic) bond motifs is 2. The average molecular weight is 247 g/mol. The van der Waals surface area contributed by atoms with Crippen molar-refractivity contribution >= 4 is 15.9 Å². The molecule has 0 heterocycles. The van der Waals surface area contributed by atoms with Gasteiger partial charge in [0.2, 0.25) is 0 Å². The SMILES string of the molecule is COC1(OC)C[C@H]2C=C(Br)[C@@H]1CC2. The number of rotatable bonds is 2. The summed E-state index contributed by atoms with van der Waals surface area (Å²) in [7, 11) is 3.48. The predicted molar refractivity (Wildman–Crippen MR) is 54.6 cm³/mol. The highest BCUT2D eigenvalue weighted by atomic mass is 79.9. The van der Waals surface area contributed by atoms with Gasteiger partial charge < -0.3 is 9.47 Å². The zero-order valence-electron chi connectivity index (χ0n) is 8.05. The second kappa shape index (κ2) is 3.37. The van der Waals surface area contributed by atoms with Crippen LogP contribution >= 0.6 is 15.9 Å². The summed E-state index contributed by atoms with van der Waals surface area (Å²) >= 11 is 3.60. The van der Waals surface area contributed by atoms with Gasteiger partial charge in [0.1, 0.15) is 0 Å². The standard InChI is InChI=1S/C10H15BrO2/c1-12-10(13-2)6-7-3-4-8(10)9(11)5-7/h5,7-8H,3-4,6H2,1-2H3/t7-,8+/m1/s1. The van der Waals surface area contributed by atoms with Crippen molar-refractivity contribution in [2.45, 2.75) is 25.0 Å². The Bertz CT molecular complexity index is 233. The molecule has 0 aromatic rings. The molecule has 2 atom stereocenters. The molecule has 13 heavy (non-hydrogen) atoms. The summed E-state index contributed by atoms with van der Waals surface area (Å²) in [6, 6.07) is 0. The van der Waals surface area contributed by atoms with Gasteiger partial charge in [-0.3, -0.25) is 0 Å². The Morgan fingerprint density at radius 3 is 2.46 bits per heavy atom. The number of methoxy groups -OCH3 is 2. The predicted octanol–water partition coefficient (Wildman–Crippen LogP) is 2.68. The molecule has 0 aliphatic heterocycles. The molecule has 3 rings (SSSR count). The van der Waals surface area contributed by atoms with Gasteiger partial charge >= 0.3 is 0 Å². The van der Waals surface area contributed by atoms with Crippen molar-refractivity contribution in [3.8, 4) is 0 Å². The highest BCUT2D eigenvalue weighted by Crippen LogP contribution is 2.50. The maximum atomic E-state index is 5.54. The maximum Gasteiger partial charge on any atom is 0.175 e. The Balaban J connectivity index is 2.30. The van der Waals surface area contributed by atoms with Crippen molar-refractivity contribution in [1.29, 1.82) is 0 Å². The molecule has 0 amide bonds. The molecule has 3 aliphatic rings. The fourth-order valence-corrected chi connectivity index (χ4v) is 3.53. The van der Waals surface area contributed by atoms with Crippen molar-refractivity contribution in [1.82, 2.24) is 0 Å². The van der Waals surface area contributed by atoms with E-state index in [4.69, 9.17) is 9.47 Å². The van der Waals surface area contributed by atoms with Gasteiger partial charge in [-0.25, -0.2) is 0 Å². The van der Waals surface area contributed by atoms with Crippen molar-refractivity contribution in [3.63, 3.8) is 0 Å². The molecule has 0 N–H and O–H groups in total. The van der Waals surface area contributed by atoms with Crippen molar-refractivity contribution in [2.24, 2.45) is 11.8 Å². The second-order valence-corrected chi connectivity index (χ2v) is 4.78. The van der Waals surface area contributed by atoms with Crippen LogP contribution in [0, 0.1) is 11.8 Å². The third-order valence-electron chi connectivity index (χ3n) is 3.32. The van der Waals surface area contributed by atoms with Gasteiger partial charge in [-0.2, -0.15) is 0 Å². The van der Waals surface area contributed by atoms with Crippen LogP contribution in [0.2, 0.25) is 0 Å². The van der Waals surface area contributed by atoms with E-state index in [2.05, 4.69) is 22.0 Å². The molecular formula is C10H15BrO2. The Kier molecular flexibility index (Phi) is 2.51. The molecule has 0 aromatic carbocycles. The largest absolute Gasteiger partial charge is 0.353 e. The lowest BCUT2D eigenvalue weighted by molar-refractivity contribution is -0.253. The number of ether oxygens (including phenoxy) is 2. The van der Waals surface area contributed by atoms with E-state index in [0.717, 1.165) is 6.42 Å². The van der Waals surface area contributed by atoms with Gasteiger partial charge in [0.05, 0.1) is 0 Å². The Morgan fingerprint density at radius 2 is 2.08 bits per heavy atom. The van der Waals surface area contributed by atoms with Crippen molar-refractivity contribution < 1.29 is 9.47 Å². The third kappa shape index (κ3) is 1.37. The van der Waals surface area contributed by atoms with E-state index in [1.807, 2.05) is 0 Å². The molecule has 2 bridgehead atoms. The second-order valence-electron chi connectivity index (χ2n) is 3.87. The lowest BCUT2D eigenvalue weighted by atomic mass is 9.71. The Hall–Kier alpha value is 0.140. The van der Waals surface area contributed by atoms with Crippen LogP contribution in [-0.4, -0.2) is 20.0 Å². The van der Waals surface area contributed by atoms with Gasteiger partial charge in [0.25, 0.3) is 0 Å².